The number of hydrogen-bond donors (Lipinski definition) is 1. The number of nitrogens with one attached hydrogen (secondary N) is 1. The molecule has 0 saturated carbocycles. The van der Waals surface area contributed by atoms with Gasteiger partial charge < -0.3 is 14.5 Å². The maximum atomic E-state index is 12.4. The van der Waals surface area contributed by atoms with Crippen molar-refractivity contribution >= 4 is 5.91 Å². The van der Waals surface area contributed by atoms with Gasteiger partial charge in [-0.25, -0.2) is 4.98 Å². The number of aromatic nitrogens is 1. The van der Waals surface area contributed by atoms with Crippen molar-refractivity contribution in [3.05, 3.63) is 77.8 Å². The predicted octanol–water partition coefficient (Wildman–Crippen LogP) is 3.10. The summed E-state index contributed by atoms with van der Waals surface area (Å²) in [6.45, 7) is 4.93. The van der Waals surface area contributed by atoms with E-state index in [1.807, 2.05) is 24.3 Å². The number of carbonyl (C=O) groups excluding carboxylic acids is 1. The van der Waals surface area contributed by atoms with Crippen LogP contribution in [-0.2, 0) is 17.8 Å². The molecular formula is C22H23N3O3. The number of benzene rings is 2. The van der Waals surface area contributed by atoms with E-state index >= 15 is 0 Å². The minimum Gasteiger partial charge on any atom is -0.444 e. The highest BCUT2D eigenvalue weighted by molar-refractivity contribution is 5.94. The Balaban J connectivity index is 1.33. The van der Waals surface area contributed by atoms with Crippen LogP contribution in [0.3, 0.4) is 0 Å². The molecule has 6 heteroatoms. The Morgan fingerprint density at radius 1 is 1.07 bits per heavy atom. The zero-order chi connectivity index (χ0) is 19.2. The fourth-order valence-corrected chi connectivity index (χ4v) is 3.28. The van der Waals surface area contributed by atoms with Gasteiger partial charge in [0.05, 0.1) is 19.4 Å². The van der Waals surface area contributed by atoms with Gasteiger partial charge in [0, 0.05) is 37.3 Å². The summed E-state index contributed by atoms with van der Waals surface area (Å²) in [5, 5.41) is 2.99. The van der Waals surface area contributed by atoms with E-state index in [-0.39, 0.29) is 5.91 Å². The normalized spacial score (nSPS) is 14.7. The van der Waals surface area contributed by atoms with Crippen LogP contribution < -0.4 is 5.32 Å². The Morgan fingerprint density at radius 3 is 2.61 bits per heavy atom. The first-order valence-electron chi connectivity index (χ1n) is 9.43. The molecule has 2 heterocycles. The lowest BCUT2D eigenvalue weighted by Crippen LogP contribution is -2.35. The lowest BCUT2D eigenvalue weighted by molar-refractivity contribution is 0.0342. The first kappa shape index (κ1) is 18.4. The van der Waals surface area contributed by atoms with Crippen LogP contribution in [0.1, 0.15) is 21.5 Å². The fourth-order valence-electron chi connectivity index (χ4n) is 3.28. The smallest absolute Gasteiger partial charge is 0.251 e. The Labute approximate surface area is 164 Å². The van der Waals surface area contributed by atoms with Crippen LogP contribution in [0.25, 0.3) is 11.3 Å². The van der Waals surface area contributed by atoms with Crippen LogP contribution in [0.15, 0.2) is 65.5 Å². The summed E-state index contributed by atoms with van der Waals surface area (Å²) in [6, 6.07) is 15.7. The third kappa shape index (κ3) is 4.65. The number of morpholine rings is 1. The fraction of sp³-hybridized carbons (Fsp3) is 0.273. The molecule has 0 unspecified atom stereocenters. The minimum absolute atomic E-state index is 0.0947. The van der Waals surface area contributed by atoms with E-state index in [1.165, 1.54) is 12.0 Å². The van der Waals surface area contributed by atoms with Gasteiger partial charge in [0.25, 0.3) is 5.91 Å². The molecule has 2 aromatic carbocycles. The lowest BCUT2D eigenvalue weighted by Gasteiger charge is -2.26. The molecule has 0 aliphatic carbocycles. The predicted molar refractivity (Wildman–Crippen MR) is 106 cm³/mol. The van der Waals surface area contributed by atoms with Crippen molar-refractivity contribution in [2.45, 2.75) is 13.1 Å². The van der Waals surface area contributed by atoms with Gasteiger partial charge in [0.1, 0.15) is 0 Å². The molecule has 1 aliphatic rings. The average Bonchev–Trinajstić information content (AvgIpc) is 3.28. The molecule has 4 rings (SSSR count). The van der Waals surface area contributed by atoms with E-state index < -0.39 is 0 Å². The molecular weight excluding hydrogens is 354 g/mol. The maximum absolute atomic E-state index is 12.4. The second-order valence-corrected chi connectivity index (χ2v) is 6.83. The first-order valence-corrected chi connectivity index (χ1v) is 9.43. The summed E-state index contributed by atoms with van der Waals surface area (Å²) in [5.41, 5.74) is 3.86. The molecule has 0 atom stereocenters. The second kappa shape index (κ2) is 8.82. The number of oxazole rings is 1. The molecule has 0 radical (unpaired) electrons. The van der Waals surface area contributed by atoms with Crippen LogP contribution >= 0.6 is 0 Å². The van der Waals surface area contributed by atoms with Gasteiger partial charge in [0.15, 0.2) is 12.2 Å². The summed E-state index contributed by atoms with van der Waals surface area (Å²) in [4.78, 5) is 18.7. The van der Waals surface area contributed by atoms with E-state index in [0.717, 1.165) is 44.0 Å². The molecule has 0 spiro atoms. The Kier molecular flexibility index (Phi) is 5.80. The van der Waals surface area contributed by atoms with Crippen LogP contribution in [-0.4, -0.2) is 42.1 Å². The standard InChI is InChI=1S/C22H23N3O3/c26-22(20-6-4-19(5-7-20)21-14-23-16-28-21)24-13-17-2-1-3-18(12-17)15-25-8-10-27-11-9-25/h1-7,12,14,16H,8-11,13,15H2,(H,24,26). The molecule has 1 aliphatic heterocycles. The molecule has 1 amide bonds. The van der Waals surface area contributed by atoms with Crippen LogP contribution in [0.5, 0.6) is 0 Å². The third-order valence-electron chi connectivity index (χ3n) is 4.82. The Bertz CT molecular complexity index is 901. The topological polar surface area (TPSA) is 67.6 Å². The van der Waals surface area contributed by atoms with E-state index in [2.05, 4.69) is 27.3 Å². The van der Waals surface area contributed by atoms with Gasteiger partial charge in [-0.2, -0.15) is 0 Å². The van der Waals surface area contributed by atoms with Crippen LogP contribution in [0.2, 0.25) is 0 Å². The van der Waals surface area contributed by atoms with E-state index in [1.54, 1.807) is 18.3 Å². The van der Waals surface area contributed by atoms with Crippen molar-refractivity contribution < 1.29 is 13.9 Å². The monoisotopic (exact) mass is 377 g/mol. The van der Waals surface area contributed by atoms with Gasteiger partial charge in [-0.15, -0.1) is 0 Å². The highest BCUT2D eigenvalue weighted by Gasteiger charge is 2.11. The van der Waals surface area contributed by atoms with Gasteiger partial charge in [0.2, 0.25) is 0 Å². The summed E-state index contributed by atoms with van der Waals surface area (Å²) >= 11 is 0. The van der Waals surface area contributed by atoms with Gasteiger partial charge in [-0.05, 0) is 23.3 Å². The van der Waals surface area contributed by atoms with Crippen molar-refractivity contribution in [1.29, 1.82) is 0 Å². The molecule has 3 aromatic rings. The maximum Gasteiger partial charge on any atom is 0.251 e. The summed E-state index contributed by atoms with van der Waals surface area (Å²) in [7, 11) is 0. The summed E-state index contributed by atoms with van der Waals surface area (Å²) in [5.74, 6) is 0.590. The van der Waals surface area contributed by atoms with Crippen LogP contribution in [0, 0.1) is 0 Å². The highest BCUT2D eigenvalue weighted by atomic mass is 16.5. The van der Waals surface area contributed by atoms with Crippen molar-refractivity contribution in [3.63, 3.8) is 0 Å². The van der Waals surface area contributed by atoms with Gasteiger partial charge >= 0.3 is 0 Å². The van der Waals surface area contributed by atoms with E-state index in [0.29, 0.717) is 17.9 Å². The van der Waals surface area contributed by atoms with Crippen LogP contribution in [0.4, 0.5) is 0 Å². The molecule has 1 N–H and O–H groups in total. The summed E-state index contributed by atoms with van der Waals surface area (Å²) in [6.07, 6.45) is 3.04. The summed E-state index contributed by atoms with van der Waals surface area (Å²) < 4.78 is 10.7. The third-order valence-corrected chi connectivity index (χ3v) is 4.82. The van der Waals surface area contributed by atoms with Gasteiger partial charge in [-0.3, -0.25) is 9.69 Å². The number of nitrogens with zero attached hydrogens (tertiary/aromatic N) is 2. The van der Waals surface area contributed by atoms with Gasteiger partial charge in [-0.1, -0.05) is 36.4 Å². The second-order valence-electron chi connectivity index (χ2n) is 6.83. The molecule has 0 bridgehead atoms. The van der Waals surface area contributed by atoms with Crippen molar-refractivity contribution in [3.8, 4) is 11.3 Å². The SMILES string of the molecule is O=C(NCc1cccc(CN2CCOCC2)c1)c1ccc(-c2cnco2)cc1. The number of rotatable bonds is 6. The Hall–Kier alpha value is -2.96. The van der Waals surface area contributed by atoms with Crippen molar-refractivity contribution in [2.75, 3.05) is 26.3 Å². The number of hydrogen-bond acceptors (Lipinski definition) is 5. The number of ether oxygens (including phenoxy) is 1. The van der Waals surface area contributed by atoms with E-state index in [4.69, 9.17) is 9.15 Å². The zero-order valence-corrected chi connectivity index (χ0v) is 15.6. The Morgan fingerprint density at radius 2 is 1.86 bits per heavy atom. The number of amides is 1. The van der Waals surface area contributed by atoms with Crippen molar-refractivity contribution in [1.82, 2.24) is 15.2 Å². The molecule has 1 aromatic heterocycles. The van der Waals surface area contributed by atoms with E-state index in [9.17, 15) is 4.79 Å². The minimum atomic E-state index is -0.0947. The molecule has 1 fully saturated rings. The molecule has 28 heavy (non-hydrogen) atoms. The first-order chi connectivity index (χ1) is 13.8. The molecule has 1 saturated heterocycles. The average molecular weight is 377 g/mol. The highest BCUT2D eigenvalue weighted by Crippen LogP contribution is 2.19. The van der Waals surface area contributed by atoms with Crippen molar-refractivity contribution in [2.24, 2.45) is 0 Å². The largest absolute Gasteiger partial charge is 0.444 e. The zero-order valence-electron chi connectivity index (χ0n) is 15.6. The number of carbonyl (C=O) groups is 1. The lowest BCUT2D eigenvalue weighted by atomic mass is 10.1. The quantitative estimate of drug-likeness (QED) is 0.715. The molecule has 144 valence electrons. The molecule has 6 nitrogen and oxygen atoms in total.